The standard InChI is InChI=1S/C10H12ClNO4S/c1-2-12-10(13)7-16-8-3-5-9(6-4-8)17(11,14)15/h3-6H,2,7H2,1H3,(H,12,13). The second-order valence-electron chi connectivity index (χ2n) is 3.15. The third kappa shape index (κ3) is 4.62. The molecule has 0 aromatic heterocycles. The average Bonchev–Trinajstić information content (AvgIpc) is 2.26. The van der Waals surface area contributed by atoms with Crippen LogP contribution in [0.2, 0.25) is 0 Å². The van der Waals surface area contributed by atoms with Gasteiger partial charge in [-0.2, -0.15) is 0 Å². The molecule has 0 aliphatic rings. The van der Waals surface area contributed by atoms with Gasteiger partial charge in [-0.1, -0.05) is 0 Å². The minimum Gasteiger partial charge on any atom is -0.484 e. The summed E-state index contributed by atoms with van der Waals surface area (Å²) < 4.78 is 27.0. The minimum atomic E-state index is -3.72. The van der Waals surface area contributed by atoms with Crippen molar-refractivity contribution < 1.29 is 17.9 Å². The van der Waals surface area contributed by atoms with Crippen LogP contribution in [0.5, 0.6) is 5.75 Å². The highest BCUT2D eigenvalue weighted by atomic mass is 35.7. The maximum Gasteiger partial charge on any atom is 0.261 e. The lowest BCUT2D eigenvalue weighted by atomic mass is 10.3. The number of ether oxygens (including phenoxy) is 1. The molecule has 94 valence electrons. The van der Waals surface area contributed by atoms with Crippen LogP contribution in [0.25, 0.3) is 0 Å². The van der Waals surface area contributed by atoms with Crippen molar-refractivity contribution in [1.29, 1.82) is 0 Å². The molecule has 0 fully saturated rings. The van der Waals surface area contributed by atoms with Crippen LogP contribution in [-0.2, 0) is 13.8 Å². The number of nitrogens with one attached hydrogen (secondary N) is 1. The molecule has 1 aromatic carbocycles. The van der Waals surface area contributed by atoms with E-state index in [1.807, 2.05) is 0 Å². The third-order valence-corrected chi connectivity index (χ3v) is 3.22. The molecule has 0 aliphatic carbocycles. The molecular weight excluding hydrogens is 266 g/mol. The highest BCUT2D eigenvalue weighted by Gasteiger charge is 2.09. The second kappa shape index (κ2) is 5.88. The molecule has 0 heterocycles. The minimum absolute atomic E-state index is 0.00970. The normalized spacial score (nSPS) is 10.9. The number of hydrogen-bond donors (Lipinski definition) is 1. The summed E-state index contributed by atoms with van der Waals surface area (Å²) in [6.45, 7) is 2.23. The van der Waals surface area contributed by atoms with Crippen LogP contribution < -0.4 is 10.1 Å². The third-order valence-electron chi connectivity index (χ3n) is 1.85. The van der Waals surface area contributed by atoms with Gasteiger partial charge in [0.15, 0.2) is 6.61 Å². The van der Waals surface area contributed by atoms with Gasteiger partial charge < -0.3 is 10.1 Å². The first-order valence-corrected chi connectivity index (χ1v) is 7.18. The molecule has 1 aromatic rings. The van der Waals surface area contributed by atoms with Crippen LogP contribution >= 0.6 is 10.7 Å². The van der Waals surface area contributed by atoms with Crippen LogP contribution in [0.15, 0.2) is 29.2 Å². The molecule has 0 unspecified atom stereocenters. The largest absolute Gasteiger partial charge is 0.484 e. The van der Waals surface area contributed by atoms with Gasteiger partial charge in [-0.15, -0.1) is 0 Å². The number of benzene rings is 1. The Hall–Kier alpha value is -1.27. The van der Waals surface area contributed by atoms with E-state index < -0.39 is 9.05 Å². The van der Waals surface area contributed by atoms with Crippen molar-refractivity contribution in [3.8, 4) is 5.75 Å². The summed E-state index contributed by atoms with van der Waals surface area (Å²) in [6, 6.07) is 5.51. The smallest absolute Gasteiger partial charge is 0.261 e. The van der Waals surface area contributed by atoms with Crippen molar-refractivity contribution in [2.24, 2.45) is 0 Å². The Morgan fingerprint density at radius 2 is 1.94 bits per heavy atom. The number of hydrogen-bond acceptors (Lipinski definition) is 4. The Morgan fingerprint density at radius 1 is 1.35 bits per heavy atom. The molecule has 0 aliphatic heterocycles. The first-order chi connectivity index (χ1) is 7.93. The van der Waals surface area contributed by atoms with Crippen molar-refractivity contribution in [3.05, 3.63) is 24.3 Å². The highest BCUT2D eigenvalue weighted by Crippen LogP contribution is 2.18. The summed E-state index contributed by atoms with van der Waals surface area (Å²) in [4.78, 5) is 11.1. The summed E-state index contributed by atoms with van der Waals surface area (Å²) >= 11 is 0. The highest BCUT2D eigenvalue weighted by molar-refractivity contribution is 8.13. The fraction of sp³-hybridized carbons (Fsp3) is 0.300. The Labute approximate surface area is 104 Å². The lowest BCUT2D eigenvalue weighted by Crippen LogP contribution is -2.28. The summed E-state index contributed by atoms with van der Waals surface area (Å²) in [5.41, 5.74) is 0. The molecule has 7 heteroatoms. The molecule has 1 amide bonds. The van der Waals surface area contributed by atoms with Gasteiger partial charge in [0, 0.05) is 17.2 Å². The molecule has 1 N–H and O–H groups in total. The Kier molecular flexibility index (Phi) is 4.77. The Bertz CT molecular complexity index is 484. The summed E-state index contributed by atoms with van der Waals surface area (Å²) in [7, 11) is 1.42. The second-order valence-corrected chi connectivity index (χ2v) is 5.72. The molecule has 0 saturated heterocycles. The summed E-state index contributed by atoms with van der Waals surface area (Å²) in [5, 5.41) is 2.57. The van der Waals surface area contributed by atoms with Crippen molar-refractivity contribution in [3.63, 3.8) is 0 Å². The number of likely N-dealkylation sites (N-methyl/N-ethyl adjacent to an activating group) is 1. The van der Waals surface area contributed by atoms with Crippen molar-refractivity contribution in [2.45, 2.75) is 11.8 Å². The predicted octanol–water partition coefficient (Wildman–Crippen LogP) is 1.13. The van der Waals surface area contributed by atoms with Crippen LogP contribution in [0.1, 0.15) is 6.92 Å². The van der Waals surface area contributed by atoms with Gasteiger partial charge in [-0.05, 0) is 31.2 Å². The van der Waals surface area contributed by atoms with Gasteiger partial charge in [-0.25, -0.2) is 8.42 Å². The first-order valence-electron chi connectivity index (χ1n) is 4.87. The fourth-order valence-corrected chi connectivity index (χ4v) is 1.87. The molecule has 0 spiro atoms. The van der Waals surface area contributed by atoms with E-state index >= 15 is 0 Å². The quantitative estimate of drug-likeness (QED) is 0.819. The van der Waals surface area contributed by atoms with E-state index in [4.69, 9.17) is 15.4 Å². The molecule has 5 nitrogen and oxygen atoms in total. The van der Waals surface area contributed by atoms with Gasteiger partial charge in [0.05, 0.1) is 4.90 Å². The number of halogens is 1. The Balaban J connectivity index is 2.60. The Morgan fingerprint density at radius 3 is 2.41 bits per heavy atom. The van der Waals surface area contributed by atoms with E-state index in [1.54, 1.807) is 6.92 Å². The molecular formula is C10H12ClNO4S. The SMILES string of the molecule is CCNC(=O)COc1ccc(S(=O)(=O)Cl)cc1. The van der Waals surface area contributed by atoms with Gasteiger partial charge in [0.2, 0.25) is 0 Å². The van der Waals surface area contributed by atoms with E-state index in [9.17, 15) is 13.2 Å². The summed E-state index contributed by atoms with van der Waals surface area (Å²) in [6.07, 6.45) is 0. The van der Waals surface area contributed by atoms with E-state index in [0.29, 0.717) is 12.3 Å². The molecule has 0 saturated carbocycles. The summed E-state index contributed by atoms with van der Waals surface area (Å²) in [5.74, 6) is 0.168. The average molecular weight is 278 g/mol. The number of rotatable bonds is 5. The number of carbonyl (C=O) groups is 1. The first kappa shape index (κ1) is 13.8. The maximum absolute atomic E-state index is 11.1. The van der Waals surface area contributed by atoms with Gasteiger partial charge >= 0.3 is 0 Å². The van der Waals surface area contributed by atoms with Crippen LogP contribution in [0.4, 0.5) is 0 Å². The monoisotopic (exact) mass is 277 g/mol. The van der Waals surface area contributed by atoms with Gasteiger partial charge in [-0.3, -0.25) is 4.79 Å². The van der Waals surface area contributed by atoms with Crippen molar-refractivity contribution in [1.82, 2.24) is 5.32 Å². The maximum atomic E-state index is 11.1. The van der Waals surface area contributed by atoms with Crippen molar-refractivity contribution >= 4 is 25.6 Å². The van der Waals surface area contributed by atoms with Crippen molar-refractivity contribution in [2.75, 3.05) is 13.2 Å². The van der Waals surface area contributed by atoms with E-state index in [2.05, 4.69) is 5.32 Å². The molecule has 0 radical (unpaired) electrons. The molecule has 0 atom stereocenters. The molecule has 1 rings (SSSR count). The lowest BCUT2D eigenvalue weighted by molar-refractivity contribution is -0.122. The van der Waals surface area contributed by atoms with Gasteiger partial charge in [0.1, 0.15) is 5.75 Å². The zero-order chi connectivity index (χ0) is 12.9. The van der Waals surface area contributed by atoms with Crippen LogP contribution in [0, 0.1) is 0 Å². The van der Waals surface area contributed by atoms with E-state index in [-0.39, 0.29) is 17.4 Å². The molecule has 17 heavy (non-hydrogen) atoms. The van der Waals surface area contributed by atoms with Crippen LogP contribution in [0.3, 0.4) is 0 Å². The predicted molar refractivity (Wildman–Crippen MR) is 63.7 cm³/mol. The van der Waals surface area contributed by atoms with Gasteiger partial charge in [0.25, 0.3) is 15.0 Å². The van der Waals surface area contributed by atoms with E-state index in [1.165, 1.54) is 24.3 Å². The lowest BCUT2D eigenvalue weighted by Gasteiger charge is -2.06. The number of carbonyl (C=O) groups excluding carboxylic acids is 1. The zero-order valence-electron chi connectivity index (χ0n) is 9.14. The topological polar surface area (TPSA) is 72.5 Å². The van der Waals surface area contributed by atoms with E-state index in [0.717, 1.165) is 0 Å². The fourth-order valence-electron chi connectivity index (χ4n) is 1.10. The zero-order valence-corrected chi connectivity index (χ0v) is 10.7. The molecule has 0 bridgehead atoms. The van der Waals surface area contributed by atoms with Crippen LogP contribution in [-0.4, -0.2) is 27.5 Å². The number of amides is 1.